The quantitative estimate of drug-likeness (QED) is 0.778. The summed E-state index contributed by atoms with van der Waals surface area (Å²) in [6.07, 6.45) is 1.96. The van der Waals surface area contributed by atoms with Crippen molar-refractivity contribution in [3.8, 4) is 11.3 Å². The van der Waals surface area contributed by atoms with Gasteiger partial charge < -0.3 is 20.5 Å². The Hall–Kier alpha value is -2.93. The van der Waals surface area contributed by atoms with E-state index in [1.165, 1.54) is 6.20 Å². The number of cyclic esters (lactones) is 1. The predicted molar refractivity (Wildman–Crippen MR) is 109 cm³/mol. The van der Waals surface area contributed by atoms with Crippen LogP contribution in [-0.4, -0.2) is 45.2 Å². The molecule has 29 heavy (non-hydrogen) atoms. The molecular formula is C22H27N3O4. The summed E-state index contributed by atoms with van der Waals surface area (Å²) < 4.78 is 5.52. The summed E-state index contributed by atoms with van der Waals surface area (Å²) >= 11 is 0. The zero-order valence-electron chi connectivity index (χ0n) is 17.0. The van der Waals surface area contributed by atoms with Gasteiger partial charge in [-0.05, 0) is 38.5 Å². The molecule has 2 unspecified atom stereocenters. The van der Waals surface area contributed by atoms with Gasteiger partial charge in [0.1, 0.15) is 6.10 Å². The maximum Gasteiger partial charge on any atom is 0.410 e. The average molecular weight is 397 g/mol. The Morgan fingerprint density at radius 3 is 2.52 bits per heavy atom. The molecule has 3 rings (SSSR count). The van der Waals surface area contributed by atoms with Gasteiger partial charge in [0.2, 0.25) is 5.91 Å². The van der Waals surface area contributed by atoms with E-state index in [1.54, 1.807) is 30.9 Å². The minimum atomic E-state index is -0.863. The van der Waals surface area contributed by atoms with Crippen LogP contribution < -0.4 is 5.73 Å². The summed E-state index contributed by atoms with van der Waals surface area (Å²) in [5, 5.41) is 9.94. The molecule has 154 valence electrons. The molecule has 1 aliphatic rings. The lowest BCUT2D eigenvalue weighted by atomic mass is 9.97. The summed E-state index contributed by atoms with van der Waals surface area (Å²) in [7, 11) is 0. The zero-order valence-corrected chi connectivity index (χ0v) is 17.0. The smallest absolute Gasteiger partial charge is 0.410 e. The second-order valence-electron chi connectivity index (χ2n) is 8.10. The number of rotatable bonds is 6. The first-order valence-electron chi connectivity index (χ1n) is 9.70. The third-order valence-electron chi connectivity index (χ3n) is 5.13. The van der Waals surface area contributed by atoms with Crippen LogP contribution in [0, 0.1) is 0 Å². The Kier molecular flexibility index (Phi) is 5.88. The fraction of sp³-hybridized carbons (Fsp3) is 0.409. The molecule has 2 atom stereocenters. The monoisotopic (exact) mass is 397 g/mol. The molecule has 7 nitrogen and oxygen atoms in total. The van der Waals surface area contributed by atoms with Gasteiger partial charge in [-0.1, -0.05) is 24.3 Å². The standard InChI is InChI=1S/C22H27N3O4/c1-14(25-11-10-18(29-21(25)27)12-22(2,3)28)15-4-6-16(7-5-15)19-9-8-17(13-24-19)20(23)26/h4-9,13-14,18,28H,10-12H2,1-3H3,(H2,23,26). The maximum absolute atomic E-state index is 12.5. The Balaban J connectivity index is 1.67. The number of hydrogen-bond donors (Lipinski definition) is 2. The minimum Gasteiger partial charge on any atom is -0.446 e. The summed E-state index contributed by atoms with van der Waals surface area (Å²) in [4.78, 5) is 29.6. The van der Waals surface area contributed by atoms with E-state index in [9.17, 15) is 14.7 Å². The van der Waals surface area contributed by atoms with Crippen molar-refractivity contribution in [2.45, 2.75) is 51.4 Å². The molecule has 1 aromatic carbocycles. The Labute approximate surface area is 170 Å². The van der Waals surface area contributed by atoms with E-state index in [4.69, 9.17) is 10.5 Å². The summed E-state index contributed by atoms with van der Waals surface area (Å²) in [6, 6.07) is 11.1. The van der Waals surface area contributed by atoms with Crippen LogP contribution in [0.3, 0.4) is 0 Å². The summed E-state index contributed by atoms with van der Waals surface area (Å²) in [6.45, 7) is 5.98. The van der Waals surface area contributed by atoms with Gasteiger partial charge in [0.25, 0.3) is 0 Å². The van der Waals surface area contributed by atoms with Crippen LogP contribution in [0.15, 0.2) is 42.6 Å². The summed E-state index contributed by atoms with van der Waals surface area (Å²) in [5.74, 6) is -0.508. The molecule has 0 radical (unpaired) electrons. The molecule has 1 fully saturated rings. The number of aromatic nitrogens is 1. The van der Waals surface area contributed by atoms with Gasteiger partial charge in [-0.3, -0.25) is 9.78 Å². The molecule has 0 aliphatic carbocycles. The second-order valence-corrected chi connectivity index (χ2v) is 8.10. The van der Waals surface area contributed by atoms with Crippen LogP contribution in [0.4, 0.5) is 4.79 Å². The first-order valence-corrected chi connectivity index (χ1v) is 9.70. The van der Waals surface area contributed by atoms with Crippen molar-refractivity contribution in [3.05, 3.63) is 53.7 Å². The predicted octanol–water partition coefficient (Wildman–Crippen LogP) is 3.28. The van der Waals surface area contributed by atoms with E-state index < -0.39 is 11.5 Å². The average Bonchev–Trinajstić information content (AvgIpc) is 2.66. The highest BCUT2D eigenvalue weighted by Crippen LogP contribution is 2.29. The minimum absolute atomic E-state index is 0.134. The van der Waals surface area contributed by atoms with Crippen molar-refractivity contribution in [3.63, 3.8) is 0 Å². The normalized spacial score (nSPS) is 18.3. The molecular weight excluding hydrogens is 370 g/mol. The molecule has 1 aliphatic heterocycles. The number of primary amides is 1. The third-order valence-corrected chi connectivity index (χ3v) is 5.13. The number of amides is 2. The van der Waals surface area contributed by atoms with Crippen molar-refractivity contribution in [2.24, 2.45) is 5.73 Å². The number of benzene rings is 1. The van der Waals surface area contributed by atoms with E-state index in [-0.39, 0.29) is 18.2 Å². The SMILES string of the molecule is CC(c1ccc(-c2ccc(C(N)=O)cn2)cc1)N1CCC(CC(C)(C)O)OC1=O. The van der Waals surface area contributed by atoms with E-state index in [1.807, 2.05) is 31.2 Å². The van der Waals surface area contributed by atoms with Crippen molar-refractivity contribution in [1.82, 2.24) is 9.88 Å². The number of carbonyl (C=O) groups is 2. The van der Waals surface area contributed by atoms with E-state index >= 15 is 0 Å². The van der Waals surface area contributed by atoms with Crippen LogP contribution in [0.5, 0.6) is 0 Å². The lowest BCUT2D eigenvalue weighted by Gasteiger charge is -2.37. The fourth-order valence-electron chi connectivity index (χ4n) is 3.52. The van der Waals surface area contributed by atoms with Gasteiger partial charge in [0.05, 0.1) is 22.9 Å². The van der Waals surface area contributed by atoms with Crippen molar-refractivity contribution in [2.75, 3.05) is 6.54 Å². The first kappa shape index (κ1) is 20.8. The maximum atomic E-state index is 12.5. The van der Waals surface area contributed by atoms with Crippen LogP contribution in [0.2, 0.25) is 0 Å². The van der Waals surface area contributed by atoms with Gasteiger partial charge in [-0.25, -0.2) is 4.79 Å². The largest absolute Gasteiger partial charge is 0.446 e. The Morgan fingerprint density at radius 2 is 2.00 bits per heavy atom. The first-order chi connectivity index (χ1) is 13.6. The lowest BCUT2D eigenvalue weighted by Crippen LogP contribution is -2.45. The number of aliphatic hydroxyl groups is 1. The molecule has 7 heteroatoms. The van der Waals surface area contributed by atoms with Gasteiger partial charge in [0, 0.05) is 31.1 Å². The number of nitrogens with zero attached hydrogens (tertiary/aromatic N) is 2. The van der Waals surface area contributed by atoms with Crippen molar-refractivity contribution in [1.29, 1.82) is 0 Å². The Morgan fingerprint density at radius 1 is 1.31 bits per heavy atom. The topological polar surface area (TPSA) is 106 Å². The Bertz CT molecular complexity index is 872. The molecule has 2 heterocycles. The molecule has 3 N–H and O–H groups in total. The van der Waals surface area contributed by atoms with E-state index in [0.29, 0.717) is 24.9 Å². The van der Waals surface area contributed by atoms with E-state index in [0.717, 1.165) is 16.8 Å². The molecule has 0 saturated carbocycles. The van der Waals surface area contributed by atoms with Crippen molar-refractivity contribution < 1.29 is 19.4 Å². The highest BCUT2D eigenvalue weighted by atomic mass is 16.6. The number of ether oxygens (including phenoxy) is 1. The number of hydrogen-bond acceptors (Lipinski definition) is 5. The van der Waals surface area contributed by atoms with Crippen LogP contribution in [0.25, 0.3) is 11.3 Å². The fourth-order valence-corrected chi connectivity index (χ4v) is 3.52. The van der Waals surface area contributed by atoms with E-state index in [2.05, 4.69) is 4.98 Å². The molecule has 2 aromatic rings. The molecule has 1 aromatic heterocycles. The summed E-state index contributed by atoms with van der Waals surface area (Å²) in [5.41, 5.74) is 7.38. The van der Waals surface area contributed by atoms with Crippen LogP contribution >= 0.6 is 0 Å². The highest BCUT2D eigenvalue weighted by molar-refractivity contribution is 5.92. The highest BCUT2D eigenvalue weighted by Gasteiger charge is 2.33. The van der Waals surface area contributed by atoms with Gasteiger partial charge >= 0.3 is 6.09 Å². The number of carbonyl (C=O) groups excluding carboxylic acids is 2. The zero-order chi connectivity index (χ0) is 21.2. The van der Waals surface area contributed by atoms with Crippen molar-refractivity contribution >= 4 is 12.0 Å². The number of nitrogens with two attached hydrogens (primary N) is 1. The third kappa shape index (κ3) is 5.12. The van der Waals surface area contributed by atoms with Crippen LogP contribution in [0.1, 0.15) is 55.6 Å². The van der Waals surface area contributed by atoms with Gasteiger partial charge in [0.15, 0.2) is 0 Å². The van der Waals surface area contributed by atoms with Gasteiger partial charge in [-0.2, -0.15) is 0 Å². The molecule has 0 bridgehead atoms. The second kappa shape index (κ2) is 8.21. The molecule has 1 saturated heterocycles. The lowest BCUT2D eigenvalue weighted by molar-refractivity contribution is -0.0309. The molecule has 0 spiro atoms. The molecule has 2 amide bonds. The van der Waals surface area contributed by atoms with Crippen LogP contribution in [-0.2, 0) is 4.74 Å². The number of pyridine rings is 1. The van der Waals surface area contributed by atoms with Gasteiger partial charge in [-0.15, -0.1) is 0 Å².